The maximum absolute atomic E-state index is 10.1. The first kappa shape index (κ1) is 7.88. The second-order valence-corrected chi connectivity index (χ2v) is 1.29. The molecule has 1 unspecified atom stereocenters. The number of carbonyl (C=O) groups excluding carboxylic acids is 1. The van der Waals surface area contributed by atoms with Gasteiger partial charge in [0, 0.05) is 6.92 Å². The third kappa shape index (κ3) is 3.46. The van der Waals surface area contributed by atoms with Crippen molar-refractivity contribution in [3.63, 3.8) is 0 Å². The molecule has 0 aliphatic rings. The number of esters is 1. The van der Waals surface area contributed by atoms with Gasteiger partial charge in [0.15, 0.2) is 0 Å². The van der Waals surface area contributed by atoms with Crippen LogP contribution >= 0.6 is 0 Å². The van der Waals surface area contributed by atoms with Gasteiger partial charge < -0.3 is 4.74 Å². The fraction of sp³-hybridized carbons (Fsp3) is 0.500. The van der Waals surface area contributed by atoms with Gasteiger partial charge in [-0.05, 0) is 0 Å². The number of hydrogen-bond donors (Lipinski definition) is 2. The standard InChI is InChI=1S/C4H7N3O2/c1-3(8)9-4(2-5)7-6/h4,7H,6H2,1H3. The Bertz CT molecular complexity index is 139. The summed E-state index contributed by atoms with van der Waals surface area (Å²) in [5.41, 5.74) is 1.98. The van der Waals surface area contributed by atoms with E-state index in [1.165, 1.54) is 6.92 Å². The van der Waals surface area contributed by atoms with Gasteiger partial charge in [0.25, 0.3) is 6.23 Å². The molecule has 0 spiro atoms. The number of nitrogens with one attached hydrogen (secondary N) is 1. The maximum atomic E-state index is 10.1. The van der Waals surface area contributed by atoms with E-state index in [-0.39, 0.29) is 0 Å². The van der Waals surface area contributed by atoms with Crippen LogP contribution in [0.2, 0.25) is 0 Å². The minimum atomic E-state index is -1.04. The van der Waals surface area contributed by atoms with Gasteiger partial charge in [0.2, 0.25) is 0 Å². The number of rotatable bonds is 2. The summed E-state index contributed by atoms with van der Waals surface area (Å²) in [5, 5.41) is 8.11. The molecular weight excluding hydrogens is 122 g/mol. The van der Waals surface area contributed by atoms with Gasteiger partial charge in [0.05, 0.1) is 0 Å². The molecule has 9 heavy (non-hydrogen) atoms. The Hall–Kier alpha value is -1.12. The molecule has 0 aliphatic carbocycles. The highest BCUT2D eigenvalue weighted by molar-refractivity contribution is 5.66. The zero-order chi connectivity index (χ0) is 7.28. The van der Waals surface area contributed by atoms with E-state index in [1.54, 1.807) is 6.07 Å². The minimum Gasteiger partial charge on any atom is -0.432 e. The van der Waals surface area contributed by atoms with Crippen LogP contribution in [0.5, 0.6) is 0 Å². The Morgan fingerprint density at radius 1 is 2.00 bits per heavy atom. The van der Waals surface area contributed by atoms with Crippen molar-refractivity contribution in [3.8, 4) is 6.07 Å². The Kier molecular flexibility index (Phi) is 3.35. The lowest BCUT2D eigenvalue weighted by atomic mass is 10.6. The quantitative estimate of drug-likeness (QED) is 0.213. The number of hydrazine groups is 1. The SMILES string of the molecule is CC(=O)OC(C#N)NN. The number of carbonyl (C=O) groups is 1. The van der Waals surface area contributed by atoms with E-state index in [1.807, 2.05) is 5.43 Å². The van der Waals surface area contributed by atoms with Crippen LogP contribution in [0.15, 0.2) is 0 Å². The number of nitriles is 1. The van der Waals surface area contributed by atoms with Crippen LogP contribution in [-0.4, -0.2) is 12.2 Å². The molecule has 5 heteroatoms. The van der Waals surface area contributed by atoms with Gasteiger partial charge in [0.1, 0.15) is 6.07 Å². The molecule has 0 amide bonds. The second-order valence-electron chi connectivity index (χ2n) is 1.29. The second kappa shape index (κ2) is 3.83. The van der Waals surface area contributed by atoms with E-state index in [2.05, 4.69) is 4.74 Å². The summed E-state index contributed by atoms with van der Waals surface area (Å²) in [6.07, 6.45) is -1.04. The molecule has 0 aromatic heterocycles. The van der Waals surface area contributed by atoms with Crippen LogP contribution in [0, 0.1) is 11.3 Å². The van der Waals surface area contributed by atoms with Gasteiger partial charge in [-0.15, -0.1) is 0 Å². The molecule has 0 aliphatic heterocycles. The Morgan fingerprint density at radius 3 is 2.67 bits per heavy atom. The fourth-order valence-corrected chi connectivity index (χ4v) is 0.264. The van der Waals surface area contributed by atoms with Crippen molar-refractivity contribution in [1.82, 2.24) is 5.43 Å². The highest BCUT2D eigenvalue weighted by Gasteiger charge is 2.04. The zero-order valence-corrected chi connectivity index (χ0v) is 4.92. The predicted molar refractivity (Wildman–Crippen MR) is 28.5 cm³/mol. The fourth-order valence-electron chi connectivity index (χ4n) is 0.264. The molecule has 0 fully saturated rings. The Morgan fingerprint density at radius 2 is 2.56 bits per heavy atom. The molecule has 0 heterocycles. The predicted octanol–water partition coefficient (Wildman–Crippen LogP) is -1.14. The first-order valence-corrected chi connectivity index (χ1v) is 2.23. The van der Waals surface area contributed by atoms with Crippen molar-refractivity contribution in [1.29, 1.82) is 5.26 Å². The topological polar surface area (TPSA) is 88.1 Å². The number of ether oxygens (including phenoxy) is 1. The van der Waals surface area contributed by atoms with Gasteiger partial charge in [-0.25, -0.2) is 5.43 Å². The molecule has 5 nitrogen and oxygen atoms in total. The van der Waals surface area contributed by atoms with Crippen molar-refractivity contribution >= 4 is 5.97 Å². The van der Waals surface area contributed by atoms with E-state index < -0.39 is 12.2 Å². The summed E-state index contributed by atoms with van der Waals surface area (Å²) >= 11 is 0. The number of nitrogens with zero attached hydrogens (tertiary/aromatic N) is 1. The lowest BCUT2D eigenvalue weighted by Gasteiger charge is -2.05. The summed E-state index contributed by atoms with van der Waals surface area (Å²) in [6.45, 7) is 1.20. The third-order valence-corrected chi connectivity index (χ3v) is 0.552. The first-order valence-electron chi connectivity index (χ1n) is 2.23. The summed E-state index contributed by atoms with van der Waals surface area (Å²) in [6, 6.07) is 1.60. The van der Waals surface area contributed by atoms with Crippen molar-refractivity contribution < 1.29 is 9.53 Å². The molecule has 0 aromatic carbocycles. The molecule has 50 valence electrons. The van der Waals surface area contributed by atoms with Crippen molar-refractivity contribution in [2.75, 3.05) is 0 Å². The largest absolute Gasteiger partial charge is 0.432 e. The molecule has 3 N–H and O–H groups in total. The van der Waals surface area contributed by atoms with Crippen LogP contribution in [0.25, 0.3) is 0 Å². The monoisotopic (exact) mass is 129 g/mol. The summed E-state index contributed by atoms with van der Waals surface area (Å²) in [7, 11) is 0. The average molecular weight is 129 g/mol. The normalized spacial score (nSPS) is 11.7. The molecule has 0 radical (unpaired) electrons. The van der Waals surface area contributed by atoms with E-state index in [9.17, 15) is 4.79 Å². The first-order chi connectivity index (χ1) is 4.20. The number of hydrogen-bond acceptors (Lipinski definition) is 5. The van der Waals surface area contributed by atoms with Crippen LogP contribution in [0.3, 0.4) is 0 Å². The van der Waals surface area contributed by atoms with Crippen molar-refractivity contribution in [3.05, 3.63) is 0 Å². The zero-order valence-electron chi connectivity index (χ0n) is 4.92. The van der Waals surface area contributed by atoms with E-state index in [0.717, 1.165) is 0 Å². The van der Waals surface area contributed by atoms with Crippen molar-refractivity contribution in [2.24, 2.45) is 5.84 Å². The smallest absolute Gasteiger partial charge is 0.305 e. The minimum absolute atomic E-state index is 0.542. The Balaban J connectivity index is 3.60. The van der Waals surface area contributed by atoms with Crippen LogP contribution in [0.4, 0.5) is 0 Å². The molecule has 1 atom stereocenters. The lowest BCUT2D eigenvalue weighted by molar-refractivity contribution is -0.145. The molecule has 0 bridgehead atoms. The van der Waals surface area contributed by atoms with Gasteiger partial charge in [-0.2, -0.15) is 5.26 Å². The molecule has 0 saturated heterocycles. The third-order valence-electron chi connectivity index (χ3n) is 0.552. The Labute approximate surface area is 52.4 Å². The lowest BCUT2D eigenvalue weighted by Crippen LogP contribution is -2.37. The van der Waals surface area contributed by atoms with E-state index in [0.29, 0.717) is 0 Å². The number of nitrogens with two attached hydrogens (primary N) is 1. The van der Waals surface area contributed by atoms with Gasteiger partial charge >= 0.3 is 5.97 Å². The summed E-state index contributed by atoms with van der Waals surface area (Å²) < 4.78 is 4.31. The highest BCUT2D eigenvalue weighted by atomic mass is 16.6. The van der Waals surface area contributed by atoms with E-state index >= 15 is 0 Å². The van der Waals surface area contributed by atoms with E-state index in [4.69, 9.17) is 11.1 Å². The van der Waals surface area contributed by atoms with Gasteiger partial charge in [-0.3, -0.25) is 10.6 Å². The maximum Gasteiger partial charge on any atom is 0.305 e. The van der Waals surface area contributed by atoms with Crippen molar-refractivity contribution in [2.45, 2.75) is 13.2 Å². The molecule has 0 aromatic rings. The summed E-state index contributed by atoms with van der Waals surface area (Å²) in [5.74, 6) is 4.24. The van der Waals surface area contributed by atoms with Crippen LogP contribution in [0.1, 0.15) is 6.92 Å². The average Bonchev–Trinajstić information content (AvgIpc) is 1.82. The molecule has 0 rings (SSSR count). The molecular formula is C4H7N3O2. The summed E-state index contributed by atoms with van der Waals surface area (Å²) in [4.78, 5) is 10.1. The van der Waals surface area contributed by atoms with Crippen LogP contribution < -0.4 is 11.3 Å². The molecule has 0 saturated carbocycles. The highest BCUT2D eigenvalue weighted by Crippen LogP contribution is 1.81. The van der Waals surface area contributed by atoms with Crippen LogP contribution in [-0.2, 0) is 9.53 Å². The van der Waals surface area contributed by atoms with Gasteiger partial charge in [-0.1, -0.05) is 0 Å².